The van der Waals surface area contributed by atoms with Gasteiger partial charge in [-0.3, -0.25) is 4.57 Å². The average molecular weight is 408 g/mol. The third-order valence-corrected chi connectivity index (χ3v) is 5.49. The fourth-order valence-corrected chi connectivity index (χ4v) is 4.00. The van der Waals surface area contributed by atoms with Gasteiger partial charge in [0.25, 0.3) is 0 Å². The molecule has 0 saturated carbocycles. The Bertz CT molecular complexity index is 1040. The van der Waals surface area contributed by atoms with Crippen LogP contribution in [-0.4, -0.2) is 14.8 Å². The minimum Gasteiger partial charge on any atom is -0.486 e. The van der Waals surface area contributed by atoms with Crippen molar-refractivity contribution < 1.29 is 4.74 Å². The summed E-state index contributed by atoms with van der Waals surface area (Å²) < 4.78 is 7.93. The molecule has 3 aromatic carbocycles. The van der Waals surface area contributed by atoms with Crippen LogP contribution in [0.5, 0.6) is 5.75 Å². The number of aromatic nitrogens is 3. The third kappa shape index (κ3) is 4.38. The Labute approximate surface area is 173 Å². The van der Waals surface area contributed by atoms with Gasteiger partial charge in [0.15, 0.2) is 11.0 Å². The zero-order chi connectivity index (χ0) is 19.2. The van der Waals surface area contributed by atoms with E-state index in [1.54, 1.807) is 11.8 Å². The highest BCUT2D eigenvalue weighted by Gasteiger charge is 2.15. The van der Waals surface area contributed by atoms with Gasteiger partial charge >= 0.3 is 0 Å². The maximum atomic E-state index is 6.29. The predicted molar refractivity (Wildman–Crippen MR) is 113 cm³/mol. The van der Waals surface area contributed by atoms with E-state index in [1.165, 1.54) is 0 Å². The molecule has 1 heterocycles. The SMILES string of the molecule is Clc1ccccc1CSc1nnc(COc2ccccc2)n1-c1ccccc1. The Kier molecular flexibility index (Phi) is 5.95. The van der Waals surface area contributed by atoms with Crippen molar-refractivity contribution in [3.63, 3.8) is 0 Å². The summed E-state index contributed by atoms with van der Waals surface area (Å²) in [5.74, 6) is 2.26. The van der Waals surface area contributed by atoms with E-state index in [2.05, 4.69) is 10.2 Å². The molecular weight excluding hydrogens is 390 g/mol. The van der Waals surface area contributed by atoms with Crippen molar-refractivity contribution in [1.82, 2.24) is 14.8 Å². The van der Waals surface area contributed by atoms with Crippen LogP contribution < -0.4 is 4.74 Å². The molecular formula is C22H18ClN3OS. The van der Waals surface area contributed by atoms with E-state index >= 15 is 0 Å². The zero-order valence-electron chi connectivity index (χ0n) is 15.0. The van der Waals surface area contributed by atoms with Crippen molar-refractivity contribution in [2.24, 2.45) is 0 Å². The standard InChI is InChI=1S/C22H18ClN3OS/c23-20-14-8-7-9-17(20)16-28-22-25-24-21(15-27-19-12-5-2-6-13-19)26(22)18-10-3-1-4-11-18/h1-14H,15-16H2. The summed E-state index contributed by atoms with van der Waals surface area (Å²) >= 11 is 7.89. The van der Waals surface area contributed by atoms with Crippen LogP contribution >= 0.6 is 23.4 Å². The number of thioether (sulfide) groups is 1. The number of hydrogen-bond donors (Lipinski definition) is 0. The lowest BCUT2D eigenvalue weighted by Gasteiger charge is -2.11. The van der Waals surface area contributed by atoms with Gasteiger partial charge in [-0.25, -0.2) is 0 Å². The second-order valence-corrected chi connectivity index (χ2v) is 7.40. The number of hydrogen-bond acceptors (Lipinski definition) is 4. The smallest absolute Gasteiger partial charge is 0.196 e. The molecule has 1 aromatic heterocycles. The molecule has 0 saturated heterocycles. The molecule has 4 nitrogen and oxygen atoms in total. The summed E-state index contributed by atoms with van der Waals surface area (Å²) in [5.41, 5.74) is 2.07. The predicted octanol–water partition coefficient (Wildman–Crippen LogP) is 5.79. The number of rotatable bonds is 7. The average Bonchev–Trinajstić information content (AvgIpc) is 3.16. The van der Waals surface area contributed by atoms with Gasteiger partial charge in [-0.1, -0.05) is 78.0 Å². The van der Waals surface area contributed by atoms with Crippen molar-refractivity contribution in [2.75, 3.05) is 0 Å². The monoisotopic (exact) mass is 407 g/mol. The quantitative estimate of drug-likeness (QED) is 0.363. The molecule has 0 fully saturated rings. The first-order chi connectivity index (χ1) is 13.8. The molecule has 0 bridgehead atoms. The molecule has 0 atom stereocenters. The summed E-state index contributed by atoms with van der Waals surface area (Å²) in [6, 6.07) is 27.6. The summed E-state index contributed by atoms with van der Waals surface area (Å²) in [7, 11) is 0. The van der Waals surface area contributed by atoms with E-state index in [-0.39, 0.29) is 0 Å². The highest BCUT2D eigenvalue weighted by atomic mass is 35.5. The van der Waals surface area contributed by atoms with Crippen LogP contribution in [0.2, 0.25) is 5.02 Å². The molecule has 140 valence electrons. The summed E-state index contributed by atoms with van der Waals surface area (Å²) in [4.78, 5) is 0. The van der Waals surface area contributed by atoms with Gasteiger partial charge in [-0.2, -0.15) is 0 Å². The number of para-hydroxylation sites is 2. The lowest BCUT2D eigenvalue weighted by Crippen LogP contribution is -2.06. The first-order valence-corrected chi connectivity index (χ1v) is 10.2. The number of ether oxygens (including phenoxy) is 1. The Balaban J connectivity index is 1.59. The van der Waals surface area contributed by atoms with Crippen LogP contribution in [0.25, 0.3) is 5.69 Å². The lowest BCUT2D eigenvalue weighted by atomic mass is 10.2. The van der Waals surface area contributed by atoms with Crippen molar-refractivity contribution >= 4 is 23.4 Å². The zero-order valence-corrected chi connectivity index (χ0v) is 16.6. The Morgan fingerprint density at radius 3 is 2.25 bits per heavy atom. The van der Waals surface area contributed by atoms with Crippen LogP contribution in [0.15, 0.2) is 90.1 Å². The number of nitrogens with zero attached hydrogens (tertiary/aromatic N) is 3. The largest absolute Gasteiger partial charge is 0.486 e. The van der Waals surface area contributed by atoms with Gasteiger partial charge in [0.1, 0.15) is 12.4 Å². The highest BCUT2D eigenvalue weighted by Crippen LogP contribution is 2.28. The molecule has 4 rings (SSSR count). The van der Waals surface area contributed by atoms with Crippen LogP contribution in [-0.2, 0) is 12.4 Å². The molecule has 28 heavy (non-hydrogen) atoms. The molecule has 0 aliphatic heterocycles. The van der Waals surface area contributed by atoms with Crippen LogP contribution in [0.1, 0.15) is 11.4 Å². The molecule has 0 aliphatic carbocycles. The first-order valence-electron chi connectivity index (χ1n) is 8.85. The summed E-state index contributed by atoms with van der Waals surface area (Å²) in [6.45, 7) is 0.332. The van der Waals surface area contributed by atoms with Gasteiger partial charge < -0.3 is 4.74 Å². The van der Waals surface area contributed by atoms with Crippen molar-refractivity contribution in [3.05, 3.63) is 101 Å². The van der Waals surface area contributed by atoms with Crippen LogP contribution in [0.3, 0.4) is 0 Å². The van der Waals surface area contributed by atoms with Gasteiger partial charge in [0.2, 0.25) is 0 Å². The highest BCUT2D eigenvalue weighted by molar-refractivity contribution is 7.98. The molecule has 0 N–H and O–H groups in total. The topological polar surface area (TPSA) is 39.9 Å². The van der Waals surface area contributed by atoms with Gasteiger partial charge in [-0.05, 0) is 35.9 Å². The Morgan fingerprint density at radius 1 is 0.821 bits per heavy atom. The van der Waals surface area contributed by atoms with Crippen molar-refractivity contribution in [1.29, 1.82) is 0 Å². The van der Waals surface area contributed by atoms with Gasteiger partial charge in [0, 0.05) is 16.5 Å². The van der Waals surface area contributed by atoms with E-state index in [4.69, 9.17) is 16.3 Å². The molecule has 0 amide bonds. The van der Waals surface area contributed by atoms with E-state index in [0.29, 0.717) is 12.4 Å². The van der Waals surface area contributed by atoms with Crippen LogP contribution in [0.4, 0.5) is 0 Å². The minimum absolute atomic E-state index is 0.332. The Morgan fingerprint density at radius 2 is 1.50 bits per heavy atom. The molecule has 0 spiro atoms. The fourth-order valence-electron chi connectivity index (χ4n) is 2.75. The molecule has 6 heteroatoms. The number of benzene rings is 3. The molecule has 0 unspecified atom stereocenters. The first kappa shape index (κ1) is 18.6. The number of halogens is 1. The second kappa shape index (κ2) is 8.95. The van der Waals surface area contributed by atoms with Crippen LogP contribution in [0, 0.1) is 0 Å². The summed E-state index contributed by atoms with van der Waals surface area (Å²) in [6.07, 6.45) is 0. The Hall–Kier alpha value is -2.76. The van der Waals surface area contributed by atoms with E-state index < -0.39 is 0 Å². The van der Waals surface area contributed by atoms with Crippen molar-refractivity contribution in [2.45, 2.75) is 17.5 Å². The van der Waals surface area contributed by atoms with Gasteiger partial charge in [-0.15, -0.1) is 10.2 Å². The maximum absolute atomic E-state index is 6.29. The van der Waals surface area contributed by atoms with E-state index in [0.717, 1.165) is 33.0 Å². The lowest BCUT2D eigenvalue weighted by molar-refractivity contribution is 0.293. The van der Waals surface area contributed by atoms with E-state index in [9.17, 15) is 0 Å². The molecule has 4 aromatic rings. The molecule has 0 radical (unpaired) electrons. The minimum atomic E-state index is 0.332. The summed E-state index contributed by atoms with van der Waals surface area (Å²) in [5, 5.41) is 10.3. The van der Waals surface area contributed by atoms with Gasteiger partial charge in [0.05, 0.1) is 0 Å². The maximum Gasteiger partial charge on any atom is 0.196 e. The fraction of sp³-hybridized carbons (Fsp3) is 0.0909. The third-order valence-electron chi connectivity index (χ3n) is 4.14. The second-order valence-electron chi connectivity index (χ2n) is 6.05. The normalized spacial score (nSPS) is 10.8. The van der Waals surface area contributed by atoms with Crippen molar-refractivity contribution in [3.8, 4) is 11.4 Å². The molecule has 0 aliphatic rings. The van der Waals surface area contributed by atoms with E-state index in [1.807, 2.05) is 89.5 Å².